The molecule has 1 unspecified atom stereocenters. The third-order valence-electron chi connectivity index (χ3n) is 4.24. The molecule has 1 saturated heterocycles. The molecule has 1 amide bonds. The molecule has 0 aliphatic carbocycles. The van der Waals surface area contributed by atoms with Crippen molar-refractivity contribution >= 4 is 22.2 Å². The second-order valence-corrected chi connectivity index (χ2v) is 9.63. The zero-order chi connectivity index (χ0) is 21.9. The Hall–Kier alpha value is -2.17. The van der Waals surface area contributed by atoms with Gasteiger partial charge in [-0.15, -0.1) is 0 Å². The van der Waals surface area contributed by atoms with Gasteiger partial charge in [-0.2, -0.15) is 8.42 Å². The molecule has 1 heterocycles. The average Bonchev–Trinajstić information content (AvgIpc) is 2.92. The predicted octanol–water partition coefficient (Wildman–Crippen LogP) is 2.01. The van der Waals surface area contributed by atoms with Crippen molar-refractivity contribution in [3.8, 4) is 0 Å². The Morgan fingerprint density at radius 3 is 2.38 bits per heavy atom. The first-order valence-corrected chi connectivity index (χ1v) is 10.9. The number of hydrogen-bond donors (Lipinski definition) is 1. The molecule has 0 spiro atoms. The predicted molar refractivity (Wildman–Crippen MR) is 104 cm³/mol. The number of aliphatic carboxylic acids is 1. The van der Waals surface area contributed by atoms with Crippen molar-refractivity contribution in [3.63, 3.8) is 0 Å². The Bertz CT molecular complexity index is 834. The third kappa shape index (κ3) is 6.41. The van der Waals surface area contributed by atoms with E-state index in [1.807, 2.05) is 30.3 Å². The second-order valence-electron chi connectivity index (χ2n) is 8.03. The number of nitrogens with zero attached hydrogens (tertiary/aromatic N) is 1. The van der Waals surface area contributed by atoms with E-state index in [4.69, 9.17) is 13.7 Å². The van der Waals surface area contributed by atoms with E-state index in [0.717, 1.165) is 16.7 Å². The molecule has 0 bridgehead atoms. The molecule has 0 saturated carbocycles. The van der Waals surface area contributed by atoms with Gasteiger partial charge in [0.15, 0.2) is 5.54 Å². The van der Waals surface area contributed by atoms with Gasteiger partial charge >= 0.3 is 12.1 Å². The van der Waals surface area contributed by atoms with Crippen molar-refractivity contribution in [1.82, 2.24) is 4.90 Å². The summed E-state index contributed by atoms with van der Waals surface area (Å²) in [6.45, 7) is 4.50. The van der Waals surface area contributed by atoms with Crippen LogP contribution in [0.4, 0.5) is 4.79 Å². The van der Waals surface area contributed by atoms with Gasteiger partial charge in [0.05, 0.1) is 32.1 Å². The molecule has 2 atom stereocenters. The standard InChI is InChI=1S/C19H27NO8S/c1-18(2,3)27-17(23)20-11-15(28-29(4,24)25)10-19(20,16(21)22)13-26-12-14-8-6-5-7-9-14/h5-9,15H,10-13H2,1-4H3,(H,21,22)/t15-,19?/m1/s1. The van der Waals surface area contributed by atoms with Crippen LogP contribution in [0.15, 0.2) is 30.3 Å². The lowest BCUT2D eigenvalue weighted by Gasteiger charge is -2.35. The maximum Gasteiger partial charge on any atom is 0.411 e. The monoisotopic (exact) mass is 429 g/mol. The smallest absolute Gasteiger partial charge is 0.411 e. The molecule has 1 aromatic carbocycles. The molecular weight excluding hydrogens is 402 g/mol. The van der Waals surface area contributed by atoms with Crippen LogP contribution < -0.4 is 0 Å². The fourth-order valence-corrected chi connectivity index (χ4v) is 3.74. The molecule has 10 heteroatoms. The van der Waals surface area contributed by atoms with Crippen molar-refractivity contribution in [2.75, 3.05) is 19.4 Å². The maximum atomic E-state index is 12.7. The van der Waals surface area contributed by atoms with Gasteiger partial charge in [-0.05, 0) is 26.3 Å². The lowest BCUT2D eigenvalue weighted by Crippen LogP contribution is -2.57. The minimum Gasteiger partial charge on any atom is -0.479 e. The summed E-state index contributed by atoms with van der Waals surface area (Å²) in [4.78, 5) is 25.9. The third-order valence-corrected chi connectivity index (χ3v) is 4.87. The van der Waals surface area contributed by atoms with Gasteiger partial charge < -0.3 is 14.6 Å². The Morgan fingerprint density at radius 1 is 1.24 bits per heavy atom. The number of carbonyl (C=O) groups is 2. The summed E-state index contributed by atoms with van der Waals surface area (Å²) in [6, 6.07) is 9.14. The summed E-state index contributed by atoms with van der Waals surface area (Å²) in [5.41, 5.74) is -1.84. The van der Waals surface area contributed by atoms with E-state index in [0.29, 0.717) is 0 Å². The van der Waals surface area contributed by atoms with E-state index in [1.165, 1.54) is 0 Å². The lowest BCUT2D eigenvalue weighted by molar-refractivity contribution is -0.154. The van der Waals surface area contributed by atoms with E-state index in [-0.39, 0.29) is 26.2 Å². The van der Waals surface area contributed by atoms with E-state index >= 15 is 0 Å². The van der Waals surface area contributed by atoms with Crippen LogP contribution in [0.25, 0.3) is 0 Å². The van der Waals surface area contributed by atoms with E-state index < -0.39 is 39.4 Å². The Kier molecular flexibility index (Phi) is 6.92. The zero-order valence-corrected chi connectivity index (χ0v) is 17.8. The van der Waals surface area contributed by atoms with Crippen molar-refractivity contribution in [1.29, 1.82) is 0 Å². The highest BCUT2D eigenvalue weighted by Gasteiger charge is 2.56. The number of carboxylic acids is 1. The normalized spacial score (nSPS) is 22.5. The van der Waals surface area contributed by atoms with Crippen LogP contribution >= 0.6 is 0 Å². The number of likely N-dealkylation sites (tertiary alicyclic amines) is 1. The summed E-state index contributed by atoms with van der Waals surface area (Å²) in [6.07, 6.45) is -1.27. The highest BCUT2D eigenvalue weighted by atomic mass is 32.2. The Balaban J connectivity index is 2.26. The first kappa shape index (κ1) is 23.1. The number of hydrogen-bond acceptors (Lipinski definition) is 7. The minimum absolute atomic E-state index is 0.135. The minimum atomic E-state index is -3.84. The molecule has 1 aliphatic heterocycles. The van der Waals surface area contributed by atoms with Gasteiger partial charge in [-0.25, -0.2) is 9.59 Å². The zero-order valence-electron chi connectivity index (χ0n) is 17.0. The molecule has 1 aromatic rings. The molecule has 1 N–H and O–H groups in total. The summed E-state index contributed by atoms with van der Waals surface area (Å²) < 4.78 is 39.0. The molecular formula is C19H27NO8S. The fourth-order valence-electron chi connectivity index (χ4n) is 3.12. The average molecular weight is 429 g/mol. The van der Waals surface area contributed by atoms with Crippen molar-refractivity contribution < 1.29 is 36.8 Å². The van der Waals surface area contributed by atoms with Gasteiger partial charge in [-0.3, -0.25) is 9.08 Å². The van der Waals surface area contributed by atoms with Crippen molar-refractivity contribution in [3.05, 3.63) is 35.9 Å². The summed E-state index contributed by atoms with van der Waals surface area (Å²) >= 11 is 0. The molecule has 29 heavy (non-hydrogen) atoms. The maximum absolute atomic E-state index is 12.7. The summed E-state index contributed by atoms with van der Waals surface area (Å²) in [7, 11) is -3.84. The highest BCUT2D eigenvalue weighted by molar-refractivity contribution is 7.86. The van der Waals surface area contributed by atoms with Crippen molar-refractivity contribution in [2.45, 2.75) is 51.0 Å². The van der Waals surface area contributed by atoms with E-state index in [9.17, 15) is 23.1 Å². The molecule has 1 aliphatic rings. The first-order chi connectivity index (χ1) is 13.3. The molecule has 0 aromatic heterocycles. The highest BCUT2D eigenvalue weighted by Crippen LogP contribution is 2.34. The number of carbonyl (C=O) groups excluding carboxylic acids is 1. The number of benzene rings is 1. The van der Waals surface area contributed by atoms with Gasteiger partial charge in [0.1, 0.15) is 5.60 Å². The van der Waals surface area contributed by atoms with Gasteiger partial charge in [-0.1, -0.05) is 30.3 Å². The number of ether oxygens (including phenoxy) is 2. The second kappa shape index (κ2) is 8.68. The SMILES string of the molecule is CC(C)(C)OC(=O)N1C[C@H](OS(C)(=O)=O)CC1(COCc1ccccc1)C(=O)O. The van der Waals surface area contributed by atoms with Crippen LogP contribution in [-0.2, 0) is 35.2 Å². The summed E-state index contributed by atoms with van der Waals surface area (Å²) in [5.74, 6) is -1.32. The van der Waals surface area contributed by atoms with Crippen LogP contribution in [0.3, 0.4) is 0 Å². The van der Waals surface area contributed by atoms with E-state index in [1.54, 1.807) is 20.8 Å². The number of amides is 1. The van der Waals surface area contributed by atoms with Crippen LogP contribution in [0.1, 0.15) is 32.8 Å². The molecule has 9 nitrogen and oxygen atoms in total. The quantitative estimate of drug-likeness (QED) is 0.654. The van der Waals surface area contributed by atoms with Gasteiger partial charge in [0, 0.05) is 6.42 Å². The van der Waals surface area contributed by atoms with Crippen LogP contribution in [0, 0.1) is 0 Å². The fraction of sp³-hybridized carbons (Fsp3) is 0.579. The van der Waals surface area contributed by atoms with Crippen molar-refractivity contribution in [2.24, 2.45) is 0 Å². The number of carboxylic acid groups (broad SMARTS) is 1. The molecule has 0 radical (unpaired) electrons. The Morgan fingerprint density at radius 2 is 1.86 bits per heavy atom. The van der Waals surface area contributed by atoms with Crippen LogP contribution in [0.2, 0.25) is 0 Å². The van der Waals surface area contributed by atoms with Crippen LogP contribution in [0.5, 0.6) is 0 Å². The topological polar surface area (TPSA) is 119 Å². The van der Waals surface area contributed by atoms with Gasteiger partial charge in [0.25, 0.3) is 10.1 Å². The van der Waals surface area contributed by atoms with Gasteiger partial charge in [0.2, 0.25) is 0 Å². The molecule has 1 fully saturated rings. The summed E-state index contributed by atoms with van der Waals surface area (Å²) in [5, 5.41) is 9.96. The Labute approximate surface area is 170 Å². The number of rotatable bonds is 7. The molecule has 162 valence electrons. The first-order valence-electron chi connectivity index (χ1n) is 9.06. The largest absolute Gasteiger partial charge is 0.479 e. The molecule has 2 rings (SSSR count). The lowest BCUT2D eigenvalue weighted by atomic mass is 9.97. The van der Waals surface area contributed by atoms with Crippen LogP contribution in [-0.4, -0.2) is 67.1 Å². The van der Waals surface area contributed by atoms with E-state index in [2.05, 4.69) is 0 Å².